The van der Waals surface area contributed by atoms with E-state index < -0.39 is 0 Å². The molecule has 0 N–H and O–H groups in total. The first-order chi connectivity index (χ1) is 12.1. The lowest BCUT2D eigenvalue weighted by Gasteiger charge is -2.23. The number of carbonyl (C=O) groups excluding carboxylic acids is 1. The molecule has 2 atom stereocenters. The van der Waals surface area contributed by atoms with Crippen LogP contribution in [-0.2, 0) is 4.74 Å². The molecule has 2 aliphatic rings. The van der Waals surface area contributed by atoms with Gasteiger partial charge in [-0.25, -0.2) is 0 Å². The van der Waals surface area contributed by atoms with Gasteiger partial charge in [-0.2, -0.15) is 0 Å². The first kappa shape index (κ1) is 16.0. The van der Waals surface area contributed by atoms with Crippen LogP contribution in [0.4, 0.5) is 0 Å². The molecule has 2 fully saturated rings. The van der Waals surface area contributed by atoms with Crippen molar-refractivity contribution in [3.05, 3.63) is 54.1 Å². The van der Waals surface area contributed by atoms with Crippen LogP contribution in [0, 0.1) is 6.92 Å². The number of aromatic nitrogens is 2. The van der Waals surface area contributed by atoms with Crippen molar-refractivity contribution < 1.29 is 14.3 Å². The maximum absolute atomic E-state index is 12.7. The lowest BCUT2D eigenvalue weighted by atomic mass is 9.98. The minimum Gasteiger partial charge on any atom is -0.486 e. The van der Waals surface area contributed by atoms with Crippen molar-refractivity contribution in [2.24, 2.45) is 0 Å². The van der Waals surface area contributed by atoms with E-state index in [0.29, 0.717) is 25.3 Å². The highest BCUT2D eigenvalue weighted by molar-refractivity contribution is 5.94. The van der Waals surface area contributed by atoms with Crippen LogP contribution >= 0.6 is 0 Å². The first-order valence-electron chi connectivity index (χ1n) is 8.56. The largest absolute Gasteiger partial charge is 0.486 e. The van der Waals surface area contributed by atoms with Crippen molar-refractivity contribution in [2.75, 3.05) is 19.7 Å². The van der Waals surface area contributed by atoms with Crippen molar-refractivity contribution in [2.45, 2.75) is 31.5 Å². The van der Waals surface area contributed by atoms with Gasteiger partial charge in [0, 0.05) is 31.1 Å². The fourth-order valence-corrected chi connectivity index (χ4v) is 3.57. The van der Waals surface area contributed by atoms with Gasteiger partial charge in [-0.15, -0.1) is 0 Å². The van der Waals surface area contributed by atoms with E-state index in [1.807, 2.05) is 36.1 Å². The van der Waals surface area contributed by atoms with Crippen LogP contribution in [0.15, 0.2) is 42.9 Å². The van der Waals surface area contributed by atoms with E-state index in [-0.39, 0.29) is 17.6 Å². The molecule has 2 unspecified atom stereocenters. The molecule has 4 rings (SSSR count). The van der Waals surface area contributed by atoms with Crippen LogP contribution in [-0.4, -0.2) is 52.2 Å². The molecule has 130 valence electrons. The Labute approximate surface area is 146 Å². The SMILES string of the molecule is Cc1ccc(C(=O)N2CCC3(CC(Oc4cccnc4)CO3)C2)cn1. The van der Waals surface area contributed by atoms with Crippen LogP contribution in [0.2, 0.25) is 0 Å². The summed E-state index contributed by atoms with van der Waals surface area (Å²) in [6, 6.07) is 7.45. The minimum atomic E-state index is -0.291. The van der Waals surface area contributed by atoms with E-state index in [4.69, 9.17) is 9.47 Å². The second-order valence-corrected chi connectivity index (χ2v) is 6.79. The fourth-order valence-electron chi connectivity index (χ4n) is 3.57. The highest BCUT2D eigenvalue weighted by atomic mass is 16.6. The van der Waals surface area contributed by atoms with Gasteiger partial charge in [-0.1, -0.05) is 0 Å². The average molecular weight is 339 g/mol. The maximum Gasteiger partial charge on any atom is 0.255 e. The predicted molar refractivity (Wildman–Crippen MR) is 91.4 cm³/mol. The minimum absolute atomic E-state index is 0.000272. The van der Waals surface area contributed by atoms with Crippen molar-refractivity contribution >= 4 is 5.91 Å². The average Bonchev–Trinajstić information content (AvgIpc) is 3.23. The summed E-state index contributed by atoms with van der Waals surface area (Å²) in [5.41, 5.74) is 1.24. The third kappa shape index (κ3) is 3.35. The summed E-state index contributed by atoms with van der Waals surface area (Å²) in [4.78, 5) is 22.8. The fraction of sp³-hybridized carbons (Fsp3) is 0.421. The summed E-state index contributed by atoms with van der Waals surface area (Å²) in [6.45, 7) is 3.76. The number of rotatable bonds is 3. The number of aryl methyl sites for hydroxylation is 1. The Kier molecular flexibility index (Phi) is 4.13. The van der Waals surface area contributed by atoms with Crippen LogP contribution in [0.25, 0.3) is 0 Å². The van der Waals surface area contributed by atoms with Crippen LogP contribution < -0.4 is 4.74 Å². The third-order valence-electron chi connectivity index (χ3n) is 4.87. The van der Waals surface area contributed by atoms with Gasteiger partial charge in [0.05, 0.1) is 30.5 Å². The summed E-state index contributed by atoms with van der Waals surface area (Å²) in [5, 5.41) is 0. The van der Waals surface area contributed by atoms with Gasteiger partial charge in [0.15, 0.2) is 0 Å². The van der Waals surface area contributed by atoms with Crippen LogP contribution in [0.5, 0.6) is 5.75 Å². The number of pyridine rings is 2. The van der Waals surface area contributed by atoms with Crippen molar-refractivity contribution in [1.29, 1.82) is 0 Å². The molecule has 25 heavy (non-hydrogen) atoms. The number of carbonyl (C=O) groups is 1. The summed E-state index contributed by atoms with van der Waals surface area (Å²) in [5.74, 6) is 0.773. The highest BCUT2D eigenvalue weighted by Gasteiger charge is 2.47. The summed E-state index contributed by atoms with van der Waals surface area (Å²) in [7, 11) is 0. The number of hydrogen-bond donors (Lipinski definition) is 0. The Morgan fingerprint density at radius 2 is 2.28 bits per heavy atom. The summed E-state index contributed by atoms with van der Waals surface area (Å²) >= 11 is 0. The summed E-state index contributed by atoms with van der Waals surface area (Å²) in [6.07, 6.45) is 6.70. The molecule has 0 bridgehead atoms. The van der Waals surface area contributed by atoms with Crippen molar-refractivity contribution in [3.63, 3.8) is 0 Å². The molecule has 6 heteroatoms. The standard InChI is InChI=1S/C19H21N3O3/c1-14-4-5-15(10-21-14)18(23)22-8-6-19(13-22)9-17(12-24-19)25-16-3-2-7-20-11-16/h2-5,7,10-11,17H,6,8-9,12-13H2,1H3. The second-order valence-electron chi connectivity index (χ2n) is 6.79. The molecule has 2 saturated heterocycles. The molecule has 2 aromatic rings. The maximum atomic E-state index is 12.7. The Morgan fingerprint density at radius 1 is 1.36 bits per heavy atom. The normalized spacial score (nSPS) is 25.5. The van der Waals surface area contributed by atoms with E-state index >= 15 is 0 Å². The van der Waals surface area contributed by atoms with Gasteiger partial charge < -0.3 is 14.4 Å². The molecule has 0 aliphatic carbocycles. The second kappa shape index (κ2) is 6.44. The number of likely N-dealkylation sites (tertiary alicyclic amines) is 1. The zero-order valence-corrected chi connectivity index (χ0v) is 14.2. The van der Waals surface area contributed by atoms with E-state index in [9.17, 15) is 4.79 Å². The third-order valence-corrected chi connectivity index (χ3v) is 4.87. The van der Waals surface area contributed by atoms with Gasteiger partial charge in [0.25, 0.3) is 5.91 Å². The quantitative estimate of drug-likeness (QED) is 0.858. The zero-order chi connectivity index (χ0) is 17.3. The van der Waals surface area contributed by atoms with Gasteiger partial charge >= 0.3 is 0 Å². The molecule has 6 nitrogen and oxygen atoms in total. The molecule has 2 aliphatic heterocycles. The zero-order valence-electron chi connectivity index (χ0n) is 14.2. The smallest absolute Gasteiger partial charge is 0.255 e. The van der Waals surface area contributed by atoms with Gasteiger partial charge in [-0.05, 0) is 37.6 Å². The number of nitrogens with zero attached hydrogens (tertiary/aromatic N) is 3. The molecule has 1 spiro atoms. The van der Waals surface area contributed by atoms with Crippen molar-refractivity contribution in [3.8, 4) is 5.75 Å². The molecular formula is C19H21N3O3. The topological polar surface area (TPSA) is 64.6 Å². The Bertz CT molecular complexity index is 750. The molecule has 2 aromatic heterocycles. The molecule has 0 saturated carbocycles. The number of amides is 1. The van der Waals surface area contributed by atoms with Crippen LogP contribution in [0.3, 0.4) is 0 Å². The first-order valence-corrected chi connectivity index (χ1v) is 8.56. The van der Waals surface area contributed by atoms with E-state index in [2.05, 4.69) is 9.97 Å². The highest BCUT2D eigenvalue weighted by Crippen LogP contribution is 2.37. The van der Waals surface area contributed by atoms with Gasteiger partial charge in [0.2, 0.25) is 0 Å². The number of hydrogen-bond acceptors (Lipinski definition) is 5. The Morgan fingerprint density at radius 3 is 3.04 bits per heavy atom. The van der Waals surface area contributed by atoms with E-state index in [0.717, 1.165) is 24.3 Å². The molecule has 0 radical (unpaired) electrons. The number of ether oxygens (including phenoxy) is 2. The molecular weight excluding hydrogens is 318 g/mol. The Hall–Kier alpha value is -2.47. The predicted octanol–water partition coefficient (Wildman–Crippen LogP) is 2.24. The Balaban J connectivity index is 1.38. The van der Waals surface area contributed by atoms with Crippen molar-refractivity contribution in [1.82, 2.24) is 14.9 Å². The molecule has 1 amide bonds. The van der Waals surface area contributed by atoms with E-state index in [1.54, 1.807) is 18.6 Å². The lowest BCUT2D eigenvalue weighted by molar-refractivity contribution is 0.00994. The van der Waals surface area contributed by atoms with Gasteiger partial charge in [0.1, 0.15) is 11.9 Å². The lowest BCUT2D eigenvalue weighted by Crippen LogP contribution is -2.36. The molecule has 0 aromatic carbocycles. The monoisotopic (exact) mass is 339 g/mol. The van der Waals surface area contributed by atoms with E-state index in [1.165, 1.54) is 0 Å². The summed E-state index contributed by atoms with van der Waals surface area (Å²) < 4.78 is 12.0. The van der Waals surface area contributed by atoms with Gasteiger partial charge in [-0.3, -0.25) is 14.8 Å². The molecule has 4 heterocycles. The van der Waals surface area contributed by atoms with Crippen LogP contribution in [0.1, 0.15) is 28.9 Å².